The molecule has 0 aromatic heterocycles. The van der Waals surface area contributed by atoms with Crippen LogP contribution in [0.3, 0.4) is 0 Å². The maximum atomic E-state index is 11.0. The summed E-state index contributed by atoms with van der Waals surface area (Å²) in [5.74, 6) is -0.707. The molecule has 2 unspecified atom stereocenters. The third kappa shape index (κ3) is 1.76. The summed E-state index contributed by atoms with van der Waals surface area (Å²) >= 11 is 0. The Bertz CT molecular complexity index is 413. The number of carbonyl (C=O) groups is 1. The van der Waals surface area contributed by atoms with Crippen molar-refractivity contribution in [3.63, 3.8) is 0 Å². The summed E-state index contributed by atoms with van der Waals surface area (Å²) in [6, 6.07) is 4.82. The number of aromatic carboxylic acids is 1. The number of rotatable bonds is 2. The van der Waals surface area contributed by atoms with Crippen molar-refractivity contribution in [1.29, 1.82) is 0 Å². The molecule has 0 saturated carbocycles. The molecule has 0 radical (unpaired) electrons. The number of carboxylic acid groups (broad SMARTS) is 1. The molecular weight excluding hydrogens is 208 g/mol. The van der Waals surface area contributed by atoms with E-state index in [1.165, 1.54) is 6.07 Å². The Morgan fingerprint density at radius 3 is 2.94 bits per heavy atom. The van der Waals surface area contributed by atoms with E-state index >= 15 is 0 Å². The fourth-order valence-corrected chi connectivity index (χ4v) is 1.96. The quantitative estimate of drug-likeness (QED) is 0.802. The molecule has 0 fully saturated rings. The Hall–Kier alpha value is -1.55. The molecule has 2 atom stereocenters. The van der Waals surface area contributed by atoms with Gasteiger partial charge in [-0.1, -0.05) is 19.1 Å². The van der Waals surface area contributed by atoms with Crippen LogP contribution in [0.4, 0.5) is 0 Å². The minimum atomic E-state index is -1.03. The molecule has 86 valence electrons. The predicted octanol–water partition coefficient (Wildman–Crippen LogP) is 1.98. The van der Waals surface area contributed by atoms with Crippen molar-refractivity contribution < 1.29 is 19.7 Å². The highest BCUT2D eigenvalue weighted by molar-refractivity contribution is 5.91. The number of aliphatic hydroxyl groups excluding tert-OH is 1. The van der Waals surface area contributed by atoms with Crippen LogP contribution in [0.5, 0.6) is 5.75 Å². The number of para-hydroxylation sites is 1. The second-order valence-electron chi connectivity index (χ2n) is 3.93. The van der Waals surface area contributed by atoms with Crippen molar-refractivity contribution in [2.45, 2.75) is 32.0 Å². The first kappa shape index (κ1) is 11.0. The summed E-state index contributed by atoms with van der Waals surface area (Å²) < 4.78 is 5.60. The molecular formula is C12H14O4. The molecule has 0 bridgehead atoms. The van der Waals surface area contributed by atoms with Crippen LogP contribution in [0.2, 0.25) is 0 Å². The van der Waals surface area contributed by atoms with Gasteiger partial charge < -0.3 is 14.9 Å². The Morgan fingerprint density at radius 1 is 1.56 bits per heavy atom. The van der Waals surface area contributed by atoms with Crippen LogP contribution < -0.4 is 4.74 Å². The van der Waals surface area contributed by atoms with Crippen LogP contribution in [0.1, 0.15) is 41.8 Å². The molecule has 4 heteroatoms. The first-order chi connectivity index (χ1) is 7.63. The molecule has 1 aliphatic heterocycles. The first-order valence-electron chi connectivity index (χ1n) is 5.34. The summed E-state index contributed by atoms with van der Waals surface area (Å²) in [5.41, 5.74) is 0.694. The van der Waals surface area contributed by atoms with Gasteiger partial charge in [-0.15, -0.1) is 0 Å². The van der Waals surface area contributed by atoms with Crippen LogP contribution in [-0.4, -0.2) is 22.3 Å². The van der Waals surface area contributed by atoms with E-state index in [9.17, 15) is 9.90 Å². The van der Waals surface area contributed by atoms with Crippen LogP contribution in [0.25, 0.3) is 0 Å². The van der Waals surface area contributed by atoms with Crippen LogP contribution in [-0.2, 0) is 0 Å². The van der Waals surface area contributed by atoms with Crippen molar-refractivity contribution in [3.8, 4) is 5.75 Å². The normalized spacial score (nSPS) is 23.4. The van der Waals surface area contributed by atoms with Gasteiger partial charge in [0.2, 0.25) is 0 Å². The van der Waals surface area contributed by atoms with Gasteiger partial charge in [0.25, 0.3) is 0 Å². The molecule has 0 amide bonds. The minimum absolute atomic E-state index is 0.108. The van der Waals surface area contributed by atoms with Gasteiger partial charge in [-0.2, -0.15) is 0 Å². The maximum Gasteiger partial charge on any atom is 0.339 e. The fourth-order valence-electron chi connectivity index (χ4n) is 1.96. The van der Waals surface area contributed by atoms with Crippen molar-refractivity contribution in [2.75, 3.05) is 0 Å². The molecule has 0 aliphatic carbocycles. The number of benzene rings is 1. The van der Waals surface area contributed by atoms with E-state index in [0.717, 1.165) is 6.42 Å². The number of fused-ring (bicyclic) bond motifs is 1. The Labute approximate surface area is 93.5 Å². The van der Waals surface area contributed by atoms with Gasteiger partial charge in [0.15, 0.2) is 0 Å². The predicted molar refractivity (Wildman–Crippen MR) is 57.7 cm³/mol. The minimum Gasteiger partial charge on any atom is -0.489 e. The van der Waals surface area contributed by atoms with Gasteiger partial charge in [0, 0.05) is 12.0 Å². The summed E-state index contributed by atoms with van der Waals surface area (Å²) in [6.07, 6.45) is 0.535. The monoisotopic (exact) mass is 222 g/mol. The van der Waals surface area contributed by atoms with Gasteiger partial charge >= 0.3 is 5.97 Å². The standard InChI is InChI=1S/C12H14O4/c1-2-7-6-10(13)8-4-3-5-9(12(14)15)11(8)16-7/h3-5,7,10,13H,2,6H2,1H3,(H,14,15). The van der Waals surface area contributed by atoms with Crippen LogP contribution in [0, 0.1) is 0 Å². The van der Waals surface area contributed by atoms with E-state index in [2.05, 4.69) is 0 Å². The molecule has 1 heterocycles. The summed E-state index contributed by atoms with van der Waals surface area (Å²) in [4.78, 5) is 11.0. The second kappa shape index (κ2) is 4.14. The van der Waals surface area contributed by atoms with Gasteiger partial charge in [-0.25, -0.2) is 4.79 Å². The van der Waals surface area contributed by atoms with E-state index in [4.69, 9.17) is 9.84 Å². The third-order valence-electron chi connectivity index (χ3n) is 2.86. The largest absolute Gasteiger partial charge is 0.489 e. The SMILES string of the molecule is CCC1CC(O)c2cccc(C(=O)O)c2O1. The van der Waals surface area contributed by atoms with Crippen molar-refractivity contribution in [3.05, 3.63) is 29.3 Å². The molecule has 4 nitrogen and oxygen atoms in total. The first-order valence-corrected chi connectivity index (χ1v) is 5.34. The average Bonchev–Trinajstić information content (AvgIpc) is 2.28. The highest BCUT2D eigenvalue weighted by Gasteiger charge is 2.29. The number of aliphatic hydroxyl groups is 1. The van der Waals surface area contributed by atoms with Crippen molar-refractivity contribution in [1.82, 2.24) is 0 Å². The number of hydrogen-bond donors (Lipinski definition) is 2. The number of carboxylic acids is 1. The van der Waals surface area contributed by atoms with E-state index in [0.29, 0.717) is 17.7 Å². The van der Waals surface area contributed by atoms with Gasteiger partial charge in [0.1, 0.15) is 17.4 Å². The molecule has 0 spiro atoms. The van der Waals surface area contributed by atoms with E-state index in [1.54, 1.807) is 12.1 Å². The highest BCUT2D eigenvalue weighted by atomic mass is 16.5. The molecule has 1 aliphatic rings. The summed E-state index contributed by atoms with van der Waals surface area (Å²) in [5, 5.41) is 18.9. The summed E-state index contributed by atoms with van der Waals surface area (Å²) in [7, 11) is 0. The topological polar surface area (TPSA) is 66.8 Å². The lowest BCUT2D eigenvalue weighted by Gasteiger charge is -2.29. The van der Waals surface area contributed by atoms with Gasteiger partial charge in [-0.3, -0.25) is 0 Å². The smallest absolute Gasteiger partial charge is 0.339 e. The van der Waals surface area contributed by atoms with Gasteiger partial charge in [0.05, 0.1) is 6.10 Å². The molecule has 2 rings (SSSR count). The maximum absolute atomic E-state index is 11.0. The lowest BCUT2D eigenvalue weighted by atomic mass is 9.95. The Balaban J connectivity index is 2.48. The van der Waals surface area contributed by atoms with Gasteiger partial charge in [-0.05, 0) is 12.5 Å². The lowest BCUT2D eigenvalue weighted by molar-refractivity contribution is 0.0582. The second-order valence-corrected chi connectivity index (χ2v) is 3.93. The zero-order chi connectivity index (χ0) is 11.7. The number of ether oxygens (including phenoxy) is 1. The Kier molecular flexibility index (Phi) is 2.83. The molecule has 2 N–H and O–H groups in total. The molecule has 16 heavy (non-hydrogen) atoms. The average molecular weight is 222 g/mol. The zero-order valence-electron chi connectivity index (χ0n) is 9.01. The fraction of sp³-hybridized carbons (Fsp3) is 0.417. The van der Waals surface area contributed by atoms with Crippen LogP contribution in [0.15, 0.2) is 18.2 Å². The molecule has 0 saturated heterocycles. The van der Waals surface area contributed by atoms with Crippen molar-refractivity contribution >= 4 is 5.97 Å². The highest BCUT2D eigenvalue weighted by Crippen LogP contribution is 2.37. The van der Waals surface area contributed by atoms with E-state index in [1.807, 2.05) is 6.92 Å². The van der Waals surface area contributed by atoms with Crippen LogP contribution >= 0.6 is 0 Å². The van der Waals surface area contributed by atoms with Crippen molar-refractivity contribution in [2.24, 2.45) is 0 Å². The Morgan fingerprint density at radius 2 is 2.31 bits per heavy atom. The van der Waals surface area contributed by atoms with E-state index < -0.39 is 12.1 Å². The summed E-state index contributed by atoms with van der Waals surface area (Å²) in [6.45, 7) is 1.95. The lowest BCUT2D eigenvalue weighted by Crippen LogP contribution is -2.26. The zero-order valence-corrected chi connectivity index (χ0v) is 9.01. The molecule has 1 aromatic carbocycles. The number of hydrogen-bond acceptors (Lipinski definition) is 3. The van der Waals surface area contributed by atoms with E-state index in [-0.39, 0.29) is 11.7 Å². The molecule has 1 aromatic rings. The third-order valence-corrected chi connectivity index (χ3v) is 2.86.